The van der Waals surface area contributed by atoms with Crippen molar-refractivity contribution in [2.75, 3.05) is 5.32 Å². The summed E-state index contributed by atoms with van der Waals surface area (Å²) in [6.07, 6.45) is -1.33. The third-order valence-corrected chi connectivity index (χ3v) is 4.00. The lowest BCUT2D eigenvalue weighted by Gasteiger charge is -2.05. The molecule has 1 amide bonds. The van der Waals surface area contributed by atoms with Crippen LogP contribution in [0.1, 0.15) is 23.4 Å². The van der Waals surface area contributed by atoms with E-state index >= 15 is 0 Å². The summed E-state index contributed by atoms with van der Waals surface area (Å²) in [7, 11) is 0. The minimum absolute atomic E-state index is 0.0390. The minimum atomic E-state index is -2.70. The first-order valence-corrected chi connectivity index (χ1v) is 8.15. The number of halogens is 4. The van der Waals surface area contributed by atoms with Crippen LogP contribution in [-0.2, 0) is 17.9 Å². The van der Waals surface area contributed by atoms with E-state index in [-0.39, 0.29) is 29.8 Å². The summed E-state index contributed by atoms with van der Waals surface area (Å²) in [4.78, 5) is 16.0. The third kappa shape index (κ3) is 4.64. The molecular formula is C16H14ClF3N6O. The first kappa shape index (κ1) is 18.9. The topological polar surface area (TPSA) is 77.6 Å². The predicted octanol–water partition coefficient (Wildman–Crippen LogP) is 3.20. The fourth-order valence-electron chi connectivity index (χ4n) is 2.36. The van der Waals surface area contributed by atoms with Crippen LogP contribution in [0.5, 0.6) is 0 Å². The first-order chi connectivity index (χ1) is 12.8. The quantitative estimate of drug-likeness (QED) is 0.691. The van der Waals surface area contributed by atoms with E-state index in [0.29, 0.717) is 11.3 Å². The van der Waals surface area contributed by atoms with Gasteiger partial charge in [0.25, 0.3) is 6.43 Å². The molecule has 0 aliphatic carbocycles. The van der Waals surface area contributed by atoms with E-state index in [9.17, 15) is 18.0 Å². The van der Waals surface area contributed by atoms with E-state index in [0.717, 1.165) is 0 Å². The van der Waals surface area contributed by atoms with Gasteiger partial charge in [-0.2, -0.15) is 5.10 Å². The molecule has 0 aliphatic heterocycles. The van der Waals surface area contributed by atoms with Crippen molar-refractivity contribution in [3.63, 3.8) is 0 Å². The highest BCUT2D eigenvalue weighted by Gasteiger charge is 2.16. The van der Waals surface area contributed by atoms with Crippen LogP contribution >= 0.6 is 11.6 Å². The van der Waals surface area contributed by atoms with Crippen LogP contribution in [0.3, 0.4) is 0 Å². The van der Waals surface area contributed by atoms with Gasteiger partial charge in [0.2, 0.25) is 11.9 Å². The van der Waals surface area contributed by atoms with Crippen molar-refractivity contribution in [3.05, 3.63) is 58.4 Å². The van der Waals surface area contributed by atoms with E-state index in [2.05, 4.69) is 20.5 Å². The fraction of sp³-hybridized carbons (Fsp3) is 0.250. The number of anilines is 1. The van der Waals surface area contributed by atoms with Crippen LogP contribution in [-0.4, -0.2) is 30.5 Å². The summed E-state index contributed by atoms with van der Waals surface area (Å²) in [5.41, 5.74) is 0.677. The molecule has 2 heterocycles. The van der Waals surface area contributed by atoms with Crippen molar-refractivity contribution >= 4 is 23.5 Å². The predicted molar refractivity (Wildman–Crippen MR) is 91.1 cm³/mol. The Balaban J connectivity index is 1.62. The zero-order valence-electron chi connectivity index (χ0n) is 14.0. The Bertz CT molecular complexity index is 971. The Labute approximate surface area is 156 Å². The molecule has 27 heavy (non-hydrogen) atoms. The van der Waals surface area contributed by atoms with Crippen LogP contribution in [0.25, 0.3) is 0 Å². The molecule has 11 heteroatoms. The molecule has 3 rings (SSSR count). The minimum Gasteiger partial charge on any atom is -0.292 e. The molecule has 0 unspecified atom stereocenters. The van der Waals surface area contributed by atoms with E-state index in [1.165, 1.54) is 40.0 Å². The maximum atomic E-state index is 13.1. The summed E-state index contributed by atoms with van der Waals surface area (Å²) < 4.78 is 41.0. The second-order valence-electron chi connectivity index (χ2n) is 5.72. The van der Waals surface area contributed by atoms with Gasteiger partial charge >= 0.3 is 0 Å². The van der Waals surface area contributed by atoms with Gasteiger partial charge in [0, 0.05) is 10.7 Å². The average Bonchev–Trinajstić information content (AvgIpc) is 3.17. The molecule has 0 fully saturated rings. The van der Waals surface area contributed by atoms with Crippen molar-refractivity contribution in [1.82, 2.24) is 24.5 Å². The third-order valence-electron chi connectivity index (χ3n) is 3.65. The van der Waals surface area contributed by atoms with Crippen LogP contribution in [0.4, 0.5) is 19.1 Å². The number of hydrogen-bond acceptors (Lipinski definition) is 4. The van der Waals surface area contributed by atoms with Crippen LogP contribution in [0.15, 0.2) is 30.6 Å². The summed E-state index contributed by atoms with van der Waals surface area (Å²) in [6.45, 7) is 1.56. The van der Waals surface area contributed by atoms with Gasteiger partial charge in [-0.25, -0.2) is 22.8 Å². The van der Waals surface area contributed by atoms with Gasteiger partial charge in [-0.3, -0.25) is 14.8 Å². The van der Waals surface area contributed by atoms with Gasteiger partial charge in [0.05, 0.1) is 6.54 Å². The second kappa shape index (κ2) is 7.78. The Morgan fingerprint density at radius 3 is 2.74 bits per heavy atom. The number of nitrogens with one attached hydrogen (secondary N) is 1. The highest BCUT2D eigenvalue weighted by Crippen LogP contribution is 2.19. The van der Waals surface area contributed by atoms with Crippen LogP contribution < -0.4 is 5.32 Å². The molecule has 1 N–H and O–H groups in total. The normalized spacial score (nSPS) is 11.2. The monoisotopic (exact) mass is 398 g/mol. The highest BCUT2D eigenvalue weighted by molar-refractivity contribution is 6.31. The summed E-state index contributed by atoms with van der Waals surface area (Å²) in [5.74, 6) is -0.920. The van der Waals surface area contributed by atoms with E-state index in [4.69, 9.17) is 11.6 Å². The lowest BCUT2D eigenvalue weighted by Crippen LogP contribution is -2.21. The van der Waals surface area contributed by atoms with Crippen LogP contribution in [0, 0.1) is 12.7 Å². The highest BCUT2D eigenvalue weighted by atomic mass is 35.5. The molecule has 3 aromatic rings. The Morgan fingerprint density at radius 2 is 2.07 bits per heavy atom. The Morgan fingerprint density at radius 1 is 1.30 bits per heavy atom. The van der Waals surface area contributed by atoms with Crippen molar-refractivity contribution in [3.8, 4) is 0 Å². The molecule has 0 saturated heterocycles. The smallest absolute Gasteiger partial charge is 0.282 e. The van der Waals surface area contributed by atoms with E-state index < -0.39 is 18.1 Å². The number of rotatable bonds is 6. The van der Waals surface area contributed by atoms with Gasteiger partial charge in [-0.05, 0) is 30.7 Å². The van der Waals surface area contributed by atoms with Crippen molar-refractivity contribution in [1.29, 1.82) is 0 Å². The molecule has 142 valence electrons. The van der Waals surface area contributed by atoms with Gasteiger partial charge in [-0.15, -0.1) is 5.10 Å². The maximum Gasteiger partial charge on any atom is 0.282 e. The summed E-state index contributed by atoms with van der Waals surface area (Å²) in [5, 5.41) is 10.5. The van der Waals surface area contributed by atoms with Crippen molar-refractivity contribution in [2.45, 2.75) is 26.4 Å². The van der Waals surface area contributed by atoms with Gasteiger partial charge < -0.3 is 0 Å². The first-order valence-electron chi connectivity index (χ1n) is 7.77. The van der Waals surface area contributed by atoms with Gasteiger partial charge in [0.15, 0.2) is 0 Å². The van der Waals surface area contributed by atoms with Gasteiger partial charge in [0.1, 0.15) is 24.4 Å². The van der Waals surface area contributed by atoms with E-state index in [1.54, 1.807) is 6.92 Å². The maximum absolute atomic E-state index is 13.1. The summed E-state index contributed by atoms with van der Waals surface area (Å²) >= 11 is 5.97. The summed E-state index contributed by atoms with van der Waals surface area (Å²) in [6, 6.07) is 5.22. The number of benzene rings is 1. The number of nitrogens with zero attached hydrogens (tertiary/aromatic N) is 5. The molecule has 0 aliphatic rings. The fourth-order valence-corrected chi connectivity index (χ4v) is 2.58. The zero-order valence-corrected chi connectivity index (χ0v) is 14.8. The molecule has 0 saturated carbocycles. The second-order valence-corrected chi connectivity index (χ2v) is 6.13. The van der Waals surface area contributed by atoms with Crippen molar-refractivity contribution < 1.29 is 18.0 Å². The molecule has 0 bridgehead atoms. The molecule has 0 atom stereocenters. The number of carbonyl (C=O) groups excluding carboxylic acids is 1. The lowest BCUT2D eigenvalue weighted by atomic mass is 10.2. The molecule has 0 spiro atoms. The lowest BCUT2D eigenvalue weighted by molar-refractivity contribution is -0.117. The number of aromatic nitrogens is 5. The average molecular weight is 399 g/mol. The number of amides is 1. The molecule has 0 radical (unpaired) electrons. The number of aryl methyl sites for hydroxylation is 1. The Hall–Kier alpha value is -2.88. The van der Waals surface area contributed by atoms with E-state index in [1.807, 2.05) is 0 Å². The Kier molecular flexibility index (Phi) is 5.45. The standard InChI is InChI=1S/C16H14ClF3N6O/c1-9-4-13(15(19)20)23-26(9)7-14(27)22-16-21-8-25(24-16)6-10-2-3-11(18)5-12(10)17/h2-5,8,15H,6-7H2,1H3,(H,22,24,27). The molecule has 2 aromatic heterocycles. The molecule has 7 nitrogen and oxygen atoms in total. The SMILES string of the molecule is Cc1cc(C(F)F)nn1CC(=O)Nc1ncn(Cc2ccc(F)cc2Cl)n1. The number of carbonyl (C=O) groups is 1. The zero-order chi connectivity index (χ0) is 19.6. The number of hydrogen-bond donors (Lipinski definition) is 1. The number of alkyl halides is 2. The largest absolute Gasteiger partial charge is 0.292 e. The van der Waals surface area contributed by atoms with Crippen molar-refractivity contribution in [2.24, 2.45) is 0 Å². The van der Waals surface area contributed by atoms with Gasteiger partial charge in [-0.1, -0.05) is 17.7 Å². The molecular weight excluding hydrogens is 385 g/mol. The van der Waals surface area contributed by atoms with Crippen LogP contribution in [0.2, 0.25) is 5.02 Å². The molecule has 1 aromatic carbocycles.